The lowest BCUT2D eigenvalue weighted by Crippen LogP contribution is -3.00. The molecule has 0 spiro atoms. The number of rotatable bonds is 5. The van der Waals surface area contributed by atoms with Gasteiger partial charge in [-0.1, -0.05) is 11.6 Å². The van der Waals surface area contributed by atoms with Crippen LogP contribution in [0.2, 0.25) is 5.02 Å². The lowest BCUT2D eigenvalue weighted by molar-refractivity contribution is -0.872. The third-order valence-electron chi connectivity index (χ3n) is 3.86. The van der Waals surface area contributed by atoms with Crippen LogP contribution >= 0.6 is 11.6 Å². The Balaban J connectivity index is 0.00000338. The van der Waals surface area contributed by atoms with Crippen molar-refractivity contribution < 1.29 is 42.4 Å². The molecule has 26 heavy (non-hydrogen) atoms. The number of benzene rings is 1. The number of fused-ring (bicyclic) bond motifs is 1. The average molecular weight is 497 g/mol. The molecule has 2 rings (SSSR count). The number of quaternary nitrogens is 1. The molecule has 1 atom stereocenters. The molecule has 0 saturated heterocycles. The molecule has 0 radical (unpaired) electrons. The van der Waals surface area contributed by atoms with Crippen molar-refractivity contribution in [3.8, 4) is 0 Å². The summed E-state index contributed by atoms with van der Waals surface area (Å²) in [5.74, 6) is -1.41. The van der Waals surface area contributed by atoms with Gasteiger partial charge < -0.3 is 37.8 Å². The molecule has 0 bridgehead atoms. The van der Waals surface area contributed by atoms with E-state index in [0.717, 1.165) is 12.6 Å². The molecule has 5 nitrogen and oxygen atoms in total. The number of likely N-dealkylation sites (N-methyl/N-ethyl adjacent to an activating group) is 1. The molecule has 1 aromatic carbocycles. The van der Waals surface area contributed by atoms with Gasteiger partial charge in [-0.25, -0.2) is 9.18 Å². The third kappa shape index (κ3) is 4.95. The summed E-state index contributed by atoms with van der Waals surface area (Å²) in [6.45, 7) is 4.52. The summed E-state index contributed by atoms with van der Waals surface area (Å²) in [7, 11) is 6.13. The van der Waals surface area contributed by atoms with Gasteiger partial charge >= 0.3 is 5.97 Å². The fourth-order valence-electron chi connectivity index (χ4n) is 2.94. The first kappa shape index (κ1) is 22.9. The van der Waals surface area contributed by atoms with E-state index in [9.17, 15) is 14.0 Å². The number of hydrogen-bond donors (Lipinski definition) is 0. The van der Waals surface area contributed by atoms with Crippen molar-refractivity contribution in [2.24, 2.45) is 0 Å². The molecular formula is C18H23ClFIN2O3. The van der Waals surface area contributed by atoms with Crippen LogP contribution in [0.15, 0.2) is 23.1 Å². The van der Waals surface area contributed by atoms with E-state index in [-0.39, 0.29) is 52.6 Å². The summed E-state index contributed by atoms with van der Waals surface area (Å²) in [6.07, 6.45) is 1.48. The van der Waals surface area contributed by atoms with Gasteiger partial charge in [-0.2, -0.15) is 0 Å². The Kier molecular flexibility index (Phi) is 7.62. The molecule has 0 saturated carbocycles. The monoisotopic (exact) mass is 496 g/mol. The Labute approximate surface area is 174 Å². The lowest BCUT2D eigenvalue weighted by atomic mass is 10.1. The largest absolute Gasteiger partial charge is 1.00 e. The van der Waals surface area contributed by atoms with Crippen molar-refractivity contribution in [1.29, 1.82) is 0 Å². The number of aromatic nitrogens is 1. The number of carbonyl (C=O) groups excluding carboxylic acids is 1. The summed E-state index contributed by atoms with van der Waals surface area (Å²) in [6, 6.07) is 2.45. The Hall–Kier alpha value is -1.19. The van der Waals surface area contributed by atoms with Crippen LogP contribution in [0.4, 0.5) is 4.39 Å². The van der Waals surface area contributed by atoms with Crippen LogP contribution < -0.4 is 29.4 Å². The Bertz CT molecular complexity index is 877. The van der Waals surface area contributed by atoms with Gasteiger partial charge in [0.2, 0.25) is 5.43 Å². The van der Waals surface area contributed by atoms with Gasteiger partial charge in [0.1, 0.15) is 11.4 Å². The summed E-state index contributed by atoms with van der Waals surface area (Å²) in [5.41, 5.74) is -0.174. The van der Waals surface area contributed by atoms with Gasteiger partial charge in [-0.3, -0.25) is 4.79 Å². The molecule has 2 aromatic rings. The number of ether oxygens (including phenoxy) is 1. The van der Waals surface area contributed by atoms with Crippen molar-refractivity contribution in [2.75, 3.05) is 34.3 Å². The van der Waals surface area contributed by atoms with Crippen LogP contribution in [0.3, 0.4) is 0 Å². The first-order valence-corrected chi connectivity index (χ1v) is 8.44. The highest BCUT2D eigenvalue weighted by atomic mass is 127. The molecular weight excluding hydrogens is 474 g/mol. The zero-order valence-electron chi connectivity index (χ0n) is 15.5. The summed E-state index contributed by atoms with van der Waals surface area (Å²) in [4.78, 5) is 24.8. The van der Waals surface area contributed by atoms with Crippen molar-refractivity contribution in [2.45, 2.75) is 19.9 Å². The highest BCUT2D eigenvalue weighted by Crippen LogP contribution is 2.25. The maximum atomic E-state index is 13.9. The lowest BCUT2D eigenvalue weighted by Gasteiger charge is -2.29. The SMILES string of the molecule is CCOC(=O)c1cn(C(C)C[N+](C)(C)C)c2cc(Cl)c(F)cc2c1=O.[I-]. The molecule has 0 aliphatic carbocycles. The van der Waals surface area contributed by atoms with E-state index >= 15 is 0 Å². The molecule has 0 aliphatic rings. The van der Waals surface area contributed by atoms with Gasteiger partial charge in [0, 0.05) is 11.6 Å². The molecule has 1 aromatic heterocycles. The predicted octanol–water partition coefficient (Wildman–Crippen LogP) is 0.242. The number of halogens is 3. The first-order valence-electron chi connectivity index (χ1n) is 8.06. The molecule has 8 heteroatoms. The van der Waals surface area contributed by atoms with Crippen LogP contribution in [0, 0.1) is 5.82 Å². The van der Waals surface area contributed by atoms with Crippen LogP contribution in [0.5, 0.6) is 0 Å². The van der Waals surface area contributed by atoms with Gasteiger partial charge in [-0.05, 0) is 26.0 Å². The zero-order chi connectivity index (χ0) is 18.9. The number of pyridine rings is 1. The van der Waals surface area contributed by atoms with Gasteiger partial charge in [0.15, 0.2) is 0 Å². The molecule has 1 heterocycles. The number of hydrogen-bond acceptors (Lipinski definition) is 3. The van der Waals surface area contributed by atoms with E-state index in [0.29, 0.717) is 10.00 Å². The second kappa shape index (κ2) is 8.67. The summed E-state index contributed by atoms with van der Waals surface area (Å²) in [5, 5.41) is 0.0442. The minimum absolute atomic E-state index is 0. The molecule has 0 fully saturated rings. The van der Waals surface area contributed by atoms with Crippen molar-refractivity contribution in [3.05, 3.63) is 45.0 Å². The van der Waals surface area contributed by atoms with Crippen molar-refractivity contribution in [1.82, 2.24) is 4.57 Å². The maximum absolute atomic E-state index is 13.9. The Morgan fingerprint density at radius 2 is 1.96 bits per heavy atom. The maximum Gasteiger partial charge on any atom is 0.343 e. The quantitative estimate of drug-likeness (QED) is 0.339. The van der Waals surface area contributed by atoms with Crippen molar-refractivity contribution >= 4 is 28.5 Å². The van der Waals surface area contributed by atoms with Gasteiger partial charge in [-0.15, -0.1) is 0 Å². The first-order chi connectivity index (χ1) is 11.5. The zero-order valence-corrected chi connectivity index (χ0v) is 18.4. The predicted molar refractivity (Wildman–Crippen MR) is 96.7 cm³/mol. The number of nitrogens with zero attached hydrogens (tertiary/aromatic N) is 2. The van der Waals surface area contributed by atoms with E-state index in [2.05, 4.69) is 0 Å². The fraction of sp³-hybridized carbons (Fsp3) is 0.444. The van der Waals surface area contributed by atoms with E-state index in [1.54, 1.807) is 11.5 Å². The van der Waals surface area contributed by atoms with Crippen LogP contribution in [0.1, 0.15) is 30.2 Å². The molecule has 144 valence electrons. The molecule has 0 N–H and O–H groups in total. The normalized spacial score (nSPS) is 12.6. The van der Waals surface area contributed by atoms with Crippen molar-refractivity contribution in [3.63, 3.8) is 0 Å². The third-order valence-corrected chi connectivity index (χ3v) is 4.15. The molecule has 1 unspecified atom stereocenters. The average Bonchev–Trinajstić information content (AvgIpc) is 2.48. The van der Waals surface area contributed by atoms with Gasteiger partial charge in [0.05, 0.1) is 50.9 Å². The minimum atomic E-state index is -0.712. The Morgan fingerprint density at radius 1 is 1.35 bits per heavy atom. The fourth-order valence-corrected chi connectivity index (χ4v) is 3.10. The van der Waals surface area contributed by atoms with Crippen LogP contribution in [-0.4, -0.2) is 49.3 Å². The van der Waals surface area contributed by atoms with Gasteiger partial charge in [0.25, 0.3) is 0 Å². The van der Waals surface area contributed by atoms with E-state index in [1.165, 1.54) is 12.3 Å². The topological polar surface area (TPSA) is 48.3 Å². The standard InChI is InChI=1S/C18H23ClFN2O3.HI/c1-6-25-18(24)13-9-21(11(2)10-22(3,4)5)16-8-14(19)15(20)7-12(16)17(13)23;/h7-9,11H,6,10H2,1-5H3;1H/q+1;/p-1. The smallest absolute Gasteiger partial charge is 0.343 e. The van der Waals surface area contributed by atoms with E-state index in [1.807, 2.05) is 28.1 Å². The second-order valence-electron chi connectivity index (χ2n) is 7.11. The number of carbonyl (C=O) groups is 1. The highest BCUT2D eigenvalue weighted by Gasteiger charge is 2.22. The van der Waals surface area contributed by atoms with E-state index in [4.69, 9.17) is 16.3 Å². The Morgan fingerprint density at radius 3 is 2.50 bits per heavy atom. The number of esters is 1. The summed E-state index contributed by atoms with van der Waals surface area (Å²) < 4.78 is 21.4. The molecule has 0 amide bonds. The highest BCUT2D eigenvalue weighted by molar-refractivity contribution is 6.31. The van der Waals surface area contributed by atoms with E-state index < -0.39 is 17.2 Å². The minimum Gasteiger partial charge on any atom is -1.00 e. The second-order valence-corrected chi connectivity index (χ2v) is 7.51. The van der Waals surface area contributed by atoms with Crippen LogP contribution in [-0.2, 0) is 4.74 Å². The molecule has 0 aliphatic heterocycles. The van der Waals surface area contributed by atoms with Crippen LogP contribution in [0.25, 0.3) is 10.9 Å². The summed E-state index contributed by atoms with van der Waals surface area (Å²) >= 11 is 5.92.